The third kappa shape index (κ3) is 3.02. The highest BCUT2D eigenvalue weighted by Crippen LogP contribution is 2.40. The second-order valence-corrected chi connectivity index (χ2v) is 7.52. The van der Waals surface area contributed by atoms with Gasteiger partial charge in [0.2, 0.25) is 6.79 Å². The molecule has 110 valence electrons. The molecular formula is C13H15ClO5S. The SMILES string of the molecule is O=S(=O)(Cc1cc(Cl)c2c(c1)OCO2)C[C@H]1CCCO1. The van der Waals surface area contributed by atoms with Crippen molar-refractivity contribution in [3.8, 4) is 11.5 Å². The van der Waals surface area contributed by atoms with Gasteiger partial charge in [-0.15, -0.1) is 0 Å². The molecule has 7 heteroatoms. The molecule has 1 fully saturated rings. The van der Waals surface area contributed by atoms with Crippen LogP contribution in [0.5, 0.6) is 11.5 Å². The summed E-state index contributed by atoms with van der Waals surface area (Å²) in [6.45, 7) is 0.761. The molecule has 2 aliphatic rings. The zero-order chi connectivity index (χ0) is 14.2. The third-order valence-electron chi connectivity index (χ3n) is 3.34. The van der Waals surface area contributed by atoms with Crippen LogP contribution in [0.15, 0.2) is 12.1 Å². The van der Waals surface area contributed by atoms with E-state index >= 15 is 0 Å². The topological polar surface area (TPSA) is 61.8 Å². The van der Waals surface area contributed by atoms with Gasteiger partial charge in [0.15, 0.2) is 21.3 Å². The first kappa shape index (κ1) is 14.0. The number of ether oxygens (including phenoxy) is 3. The van der Waals surface area contributed by atoms with Gasteiger partial charge in [0, 0.05) is 6.61 Å². The number of hydrogen-bond donors (Lipinski definition) is 0. The first-order chi connectivity index (χ1) is 9.53. The van der Waals surface area contributed by atoms with Crippen LogP contribution in [0, 0.1) is 0 Å². The summed E-state index contributed by atoms with van der Waals surface area (Å²) >= 11 is 6.05. The molecule has 1 aromatic carbocycles. The molecule has 2 aliphatic heterocycles. The molecule has 0 N–H and O–H groups in total. The minimum Gasteiger partial charge on any atom is -0.454 e. The van der Waals surface area contributed by atoms with Gasteiger partial charge in [-0.05, 0) is 30.5 Å². The van der Waals surface area contributed by atoms with Crippen molar-refractivity contribution in [3.05, 3.63) is 22.7 Å². The molecule has 0 aromatic heterocycles. The molecule has 0 aliphatic carbocycles. The molecule has 2 heterocycles. The monoisotopic (exact) mass is 318 g/mol. The smallest absolute Gasteiger partial charge is 0.231 e. The van der Waals surface area contributed by atoms with Crippen molar-refractivity contribution < 1.29 is 22.6 Å². The molecule has 20 heavy (non-hydrogen) atoms. The summed E-state index contributed by atoms with van der Waals surface area (Å²) in [7, 11) is -3.23. The summed E-state index contributed by atoms with van der Waals surface area (Å²) in [5.74, 6) is 0.967. The number of rotatable bonds is 4. The maximum atomic E-state index is 12.2. The van der Waals surface area contributed by atoms with E-state index in [1.807, 2.05) is 0 Å². The predicted molar refractivity (Wildman–Crippen MR) is 74.0 cm³/mol. The Balaban J connectivity index is 1.75. The molecule has 0 radical (unpaired) electrons. The van der Waals surface area contributed by atoms with Gasteiger partial charge in [-0.2, -0.15) is 0 Å². The van der Waals surface area contributed by atoms with Crippen molar-refractivity contribution in [1.82, 2.24) is 0 Å². The van der Waals surface area contributed by atoms with Gasteiger partial charge in [-0.3, -0.25) is 0 Å². The molecule has 1 saturated heterocycles. The van der Waals surface area contributed by atoms with Crippen molar-refractivity contribution in [2.24, 2.45) is 0 Å². The fourth-order valence-electron chi connectivity index (χ4n) is 2.48. The van der Waals surface area contributed by atoms with Crippen LogP contribution in [0.25, 0.3) is 0 Å². The van der Waals surface area contributed by atoms with Crippen molar-refractivity contribution >= 4 is 21.4 Å². The quantitative estimate of drug-likeness (QED) is 0.851. The number of sulfone groups is 1. The Hall–Kier alpha value is -0.980. The van der Waals surface area contributed by atoms with E-state index in [4.69, 9.17) is 25.8 Å². The van der Waals surface area contributed by atoms with Crippen LogP contribution in [0.3, 0.4) is 0 Å². The molecule has 0 unspecified atom stereocenters. The zero-order valence-corrected chi connectivity index (χ0v) is 12.4. The highest BCUT2D eigenvalue weighted by Gasteiger charge is 2.25. The zero-order valence-electron chi connectivity index (χ0n) is 10.8. The van der Waals surface area contributed by atoms with E-state index in [2.05, 4.69) is 0 Å². The minimum absolute atomic E-state index is 0.0546. The van der Waals surface area contributed by atoms with E-state index in [0.717, 1.165) is 12.8 Å². The van der Waals surface area contributed by atoms with Crippen LogP contribution in [0.4, 0.5) is 0 Å². The maximum Gasteiger partial charge on any atom is 0.231 e. The van der Waals surface area contributed by atoms with Gasteiger partial charge in [-0.25, -0.2) is 8.42 Å². The van der Waals surface area contributed by atoms with E-state index in [-0.39, 0.29) is 24.4 Å². The highest BCUT2D eigenvalue weighted by molar-refractivity contribution is 7.90. The van der Waals surface area contributed by atoms with E-state index in [9.17, 15) is 8.42 Å². The number of hydrogen-bond acceptors (Lipinski definition) is 5. The molecule has 3 rings (SSSR count). The predicted octanol–water partition coefficient (Wildman–Crippen LogP) is 2.16. The van der Waals surface area contributed by atoms with Gasteiger partial charge in [0.1, 0.15) is 0 Å². The summed E-state index contributed by atoms with van der Waals surface area (Å²) in [4.78, 5) is 0. The second-order valence-electron chi connectivity index (χ2n) is 5.00. The molecule has 5 nitrogen and oxygen atoms in total. The summed E-state index contributed by atoms with van der Waals surface area (Å²) in [5.41, 5.74) is 0.609. The fourth-order valence-corrected chi connectivity index (χ4v) is 4.39. The van der Waals surface area contributed by atoms with Gasteiger partial charge < -0.3 is 14.2 Å². The Bertz CT molecular complexity index is 607. The Morgan fingerprint density at radius 3 is 2.90 bits per heavy atom. The van der Waals surface area contributed by atoms with Crippen molar-refractivity contribution in [2.75, 3.05) is 19.2 Å². The Morgan fingerprint density at radius 2 is 2.15 bits per heavy atom. The van der Waals surface area contributed by atoms with E-state index in [1.54, 1.807) is 12.1 Å². The second kappa shape index (κ2) is 5.42. The average Bonchev–Trinajstić information content (AvgIpc) is 2.98. The van der Waals surface area contributed by atoms with Gasteiger partial charge in [0.25, 0.3) is 0 Å². The largest absolute Gasteiger partial charge is 0.454 e. The van der Waals surface area contributed by atoms with E-state index in [1.165, 1.54) is 0 Å². The van der Waals surface area contributed by atoms with Gasteiger partial charge >= 0.3 is 0 Å². The lowest BCUT2D eigenvalue weighted by Gasteiger charge is -2.11. The van der Waals surface area contributed by atoms with E-state index in [0.29, 0.717) is 28.7 Å². The number of benzene rings is 1. The summed E-state index contributed by atoms with van der Waals surface area (Å²) in [5, 5.41) is 0.377. The highest BCUT2D eigenvalue weighted by atomic mass is 35.5. The normalized spacial score (nSPS) is 21.4. The van der Waals surface area contributed by atoms with Crippen molar-refractivity contribution in [1.29, 1.82) is 0 Å². The molecule has 0 saturated carbocycles. The Kier molecular flexibility index (Phi) is 3.79. The van der Waals surface area contributed by atoms with Crippen LogP contribution in [-0.2, 0) is 20.3 Å². The molecule has 0 bridgehead atoms. The van der Waals surface area contributed by atoms with Crippen LogP contribution in [0.1, 0.15) is 18.4 Å². The van der Waals surface area contributed by atoms with Gasteiger partial charge in [0.05, 0.1) is 22.6 Å². The maximum absolute atomic E-state index is 12.2. The summed E-state index contributed by atoms with van der Waals surface area (Å²) < 4.78 is 40.2. The van der Waals surface area contributed by atoms with Crippen LogP contribution in [0.2, 0.25) is 5.02 Å². The lowest BCUT2D eigenvalue weighted by atomic mass is 10.2. The summed E-state index contributed by atoms with van der Waals surface area (Å²) in [6, 6.07) is 3.28. The minimum atomic E-state index is -3.23. The molecule has 0 spiro atoms. The van der Waals surface area contributed by atoms with Crippen LogP contribution in [-0.4, -0.2) is 33.7 Å². The molecular weight excluding hydrogens is 304 g/mol. The molecule has 1 aromatic rings. The van der Waals surface area contributed by atoms with E-state index < -0.39 is 9.84 Å². The van der Waals surface area contributed by atoms with Crippen LogP contribution < -0.4 is 9.47 Å². The standard InChI is InChI=1S/C13H15ClO5S/c14-11-4-9(5-12-13(11)19-8-18-12)6-20(15,16)7-10-2-1-3-17-10/h4-5,10H,1-3,6-8H2/t10-/m1/s1. The number of halogens is 1. The van der Waals surface area contributed by atoms with Crippen molar-refractivity contribution in [2.45, 2.75) is 24.7 Å². The first-order valence-corrected chi connectivity index (χ1v) is 8.63. The summed E-state index contributed by atoms with van der Waals surface area (Å²) in [6.07, 6.45) is 1.56. The fraction of sp³-hybridized carbons (Fsp3) is 0.538. The van der Waals surface area contributed by atoms with Gasteiger partial charge in [-0.1, -0.05) is 11.6 Å². The third-order valence-corrected chi connectivity index (χ3v) is 5.27. The van der Waals surface area contributed by atoms with Crippen molar-refractivity contribution in [3.63, 3.8) is 0 Å². The lowest BCUT2D eigenvalue weighted by Crippen LogP contribution is -2.21. The Morgan fingerprint density at radius 1 is 1.30 bits per heavy atom. The van der Waals surface area contributed by atoms with Crippen LogP contribution >= 0.6 is 11.6 Å². The average molecular weight is 319 g/mol. The first-order valence-electron chi connectivity index (χ1n) is 6.43. The number of fused-ring (bicyclic) bond motifs is 1. The Labute approximate surface area is 122 Å². The molecule has 0 amide bonds. The lowest BCUT2D eigenvalue weighted by molar-refractivity contribution is 0.127. The molecule has 1 atom stereocenters.